The number of rotatable bonds is 4. The van der Waals surface area contributed by atoms with E-state index in [-0.39, 0.29) is 0 Å². The Balaban J connectivity index is 1.29. The summed E-state index contributed by atoms with van der Waals surface area (Å²) in [5.74, 6) is 1.81. The molecule has 0 atom stereocenters. The summed E-state index contributed by atoms with van der Waals surface area (Å²) < 4.78 is 11.2. The maximum atomic E-state index is 6.59. The Bertz CT molecular complexity index is 3080. The zero-order valence-corrected chi connectivity index (χ0v) is 27.2. The van der Waals surface area contributed by atoms with Crippen LogP contribution in [0.3, 0.4) is 0 Å². The average Bonchev–Trinajstić information content (AvgIpc) is 3.86. The molecule has 238 valence electrons. The Morgan fingerprint density at radius 1 is 0.392 bits per heavy atom. The molecule has 4 aromatic heterocycles. The summed E-state index contributed by atoms with van der Waals surface area (Å²) in [4.78, 5) is 15.4. The van der Waals surface area contributed by atoms with Gasteiger partial charge in [0.25, 0.3) is 0 Å². The third kappa shape index (κ3) is 4.07. The van der Waals surface area contributed by atoms with E-state index in [9.17, 15) is 0 Å². The van der Waals surface area contributed by atoms with Gasteiger partial charge in [-0.2, -0.15) is 9.97 Å². The molecule has 11 aromatic rings. The number of hydrogen-bond donors (Lipinski definition) is 0. The van der Waals surface area contributed by atoms with Gasteiger partial charge in [0.05, 0.1) is 27.8 Å². The van der Waals surface area contributed by atoms with Crippen LogP contribution in [0.25, 0.3) is 100.0 Å². The molecular formula is C45H27N5O. The zero-order valence-electron chi connectivity index (χ0n) is 27.2. The topological polar surface area (TPSA) is 61.7 Å². The molecular weight excluding hydrogens is 627 g/mol. The van der Waals surface area contributed by atoms with Gasteiger partial charge in [0, 0.05) is 43.4 Å². The largest absolute Gasteiger partial charge is 0.454 e. The van der Waals surface area contributed by atoms with Gasteiger partial charge in [-0.1, -0.05) is 133 Å². The molecule has 0 unspecified atom stereocenters. The highest BCUT2D eigenvalue weighted by molar-refractivity contribution is 6.26. The molecule has 0 fully saturated rings. The van der Waals surface area contributed by atoms with Gasteiger partial charge in [-0.25, -0.2) is 4.98 Å². The third-order valence-corrected chi connectivity index (χ3v) is 9.98. The molecule has 0 amide bonds. The molecule has 7 aromatic carbocycles. The molecule has 11 rings (SSSR count). The lowest BCUT2D eigenvalue weighted by Crippen LogP contribution is -2.06. The van der Waals surface area contributed by atoms with Crippen molar-refractivity contribution >= 4 is 65.6 Å². The second kappa shape index (κ2) is 10.7. The summed E-state index contributed by atoms with van der Waals surface area (Å²) in [5.41, 5.74) is 8.83. The molecule has 6 nitrogen and oxygen atoms in total. The third-order valence-electron chi connectivity index (χ3n) is 9.98. The van der Waals surface area contributed by atoms with E-state index in [0.29, 0.717) is 17.6 Å². The van der Waals surface area contributed by atoms with Crippen molar-refractivity contribution in [1.29, 1.82) is 0 Å². The average molecular weight is 654 g/mol. The first kappa shape index (κ1) is 27.9. The lowest BCUT2D eigenvalue weighted by atomic mass is 10.1. The number of para-hydroxylation sites is 4. The van der Waals surface area contributed by atoms with E-state index >= 15 is 0 Å². The molecule has 0 aliphatic heterocycles. The molecule has 0 N–H and O–H groups in total. The summed E-state index contributed by atoms with van der Waals surface area (Å²) in [6.45, 7) is 0. The van der Waals surface area contributed by atoms with Gasteiger partial charge >= 0.3 is 0 Å². The van der Waals surface area contributed by atoms with Crippen LogP contribution < -0.4 is 0 Å². The van der Waals surface area contributed by atoms with E-state index in [1.54, 1.807) is 0 Å². The van der Waals surface area contributed by atoms with Crippen LogP contribution in [0.15, 0.2) is 168 Å². The predicted octanol–water partition coefficient (Wildman–Crippen LogP) is 11.3. The SMILES string of the molecule is c1ccc(-c2nc(-c3ccccc3)nc(-n3c4ccccc4c4ccc5c(c6ccccc6n5-c5cccc6c5oc5ccccc56)c43)n2)cc1. The molecule has 0 saturated carbocycles. The second-order valence-electron chi connectivity index (χ2n) is 12.8. The first-order valence-electron chi connectivity index (χ1n) is 17.0. The Morgan fingerprint density at radius 3 is 1.71 bits per heavy atom. The van der Waals surface area contributed by atoms with E-state index < -0.39 is 0 Å². The Labute approximate surface area is 291 Å². The quantitative estimate of drug-likeness (QED) is 0.190. The molecule has 0 aliphatic carbocycles. The normalized spacial score (nSPS) is 11.9. The van der Waals surface area contributed by atoms with Gasteiger partial charge in [-0.05, 0) is 30.3 Å². The van der Waals surface area contributed by atoms with Gasteiger partial charge in [-0.3, -0.25) is 4.57 Å². The number of benzene rings is 7. The van der Waals surface area contributed by atoms with Crippen molar-refractivity contribution in [2.24, 2.45) is 0 Å². The van der Waals surface area contributed by atoms with Gasteiger partial charge in [-0.15, -0.1) is 0 Å². The molecule has 0 bridgehead atoms. The van der Waals surface area contributed by atoms with E-state index in [2.05, 4.69) is 100 Å². The summed E-state index contributed by atoms with van der Waals surface area (Å²) in [6.07, 6.45) is 0. The van der Waals surface area contributed by atoms with Crippen LogP contribution in [-0.4, -0.2) is 24.1 Å². The highest BCUT2D eigenvalue weighted by atomic mass is 16.3. The van der Waals surface area contributed by atoms with Gasteiger partial charge in [0.2, 0.25) is 5.95 Å². The van der Waals surface area contributed by atoms with Crippen LogP contribution >= 0.6 is 0 Å². The van der Waals surface area contributed by atoms with Crippen molar-refractivity contribution in [3.63, 3.8) is 0 Å². The highest BCUT2D eigenvalue weighted by Gasteiger charge is 2.24. The lowest BCUT2D eigenvalue weighted by Gasteiger charge is -2.12. The van der Waals surface area contributed by atoms with Gasteiger partial charge in [0.1, 0.15) is 5.58 Å². The Kier molecular flexibility index (Phi) is 5.86. The molecule has 6 heteroatoms. The van der Waals surface area contributed by atoms with Crippen molar-refractivity contribution in [3.05, 3.63) is 164 Å². The lowest BCUT2D eigenvalue weighted by molar-refractivity contribution is 0.666. The van der Waals surface area contributed by atoms with Crippen LogP contribution in [-0.2, 0) is 0 Å². The van der Waals surface area contributed by atoms with Crippen molar-refractivity contribution in [1.82, 2.24) is 24.1 Å². The second-order valence-corrected chi connectivity index (χ2v) is 12.8. The van der Waals surface area contributed by atoms with Crippen LogP contribution in [0.4, 0.5) is 0 Å². The number of nitrogens with zero attached hydrogens (tertiary/aromatic N) is 5. The minimum absolute atomic E-state index is 0.567. The van der Waals surface area contributed by atoms with Gasteiger partial charge < -0.3 is 8.98 Å². The molecule has 0 saturated heterocycles. The summed E-state index contributed by atoms with van der Waals surface area (Å²) in [6, 6.07) is 56.6. The fourth-order valence-electron chi connectivity index (χ4n) is 7.78. The monoisotopic (exact) mass is 653 g/mol. The highest BCUT2D eigenvalue weighted by Crippen LogP contribution is 2.43. The van der Waals surface area contributed by atoms with E-state index in [1.165, 1.54) is 0 Å². The maximum absolute atomic E-state index is 6.59. The standard InChI is InChI=1S/C45H27N5O/c1-3-14-28(15-4-1)43-46-44(29-16-5-2-6-17-29)48-45(47-43)50-35-22-10-7-18-30(35)32-26-27-37-40(41(32)50)34-20-8-11-23-36(34)49(37)38-24-13-21-33-31-19-9-12-25-39(31)51-42(33)38/h1-27H. The van der Waals surface area contributed by atoms with Crippen molar-refractivity contribution in [2.75, 3.05) is 0 Å². The first-order valence-corrected chi connectivity index (χ1v) is 17.0. The smallest absolute Gasteiger partial charge is 0.238 e. The first-order chi connectivity index (χ1) is 25.3. The molecule has 0 aliphatic rings. The van der Waals surface area contributed by atoms with Crippen molar-refractivity contribution in [3.8, 4) is 34.4 Å². The molecule has 4 heterocycles. The minimum atomic E-state index is 0.567. The maximum Gasteiger partial charge on any atom is 0.238 e. The van der Waals surface area contributed by atoms with Crippen LogP contribution in [0.5, 0.6) is 0 Å². The number of fused-ring (bicyclic) bond motifs is 10. The summed E-state index contributed by atoms with van der Waals surface area (Å²) in [5, 5.41) is 6.72. The van der Waals surface area contributed by atoms with Gasteiger partial charge in [0.15, 0.2) is 17.2 Å². The zero-order chi connectivity index (χ0) is 33.5. The Hall–Kier alpha value is -7.05. The van der Waals surface area contributed by atoms with E-state index in [4.69, 9.17) is 19.4 Å². The van der Waals surface area contributed by atoms with E-state index in [1.807, 2.05) is 72.8 Å². The fraction of sp³-hybridized carbons (Fsp3) is 0. The number of hydrogen-bond acceptors (Lipinski definition) is 4. The van der Waals surface area contributed by atoms with Crippen LogP contribution in [0.1, 0.15) is 0 Å². The Morgan fingerprint density at radius 2 is 0.980 bits per heavy atom. The summed E-state index contributed by atoms with van der Waals surface area (Å²) in [7, 11) is 0. The van der Waals surface area contributed by atoms with E-state index in [0.717, 1.165) is 82.4 Å². The number of aromatic nitrogens is 5. The van der Waals surface area contributed by atoms with Crippen LogP contribution in [0, 0.1) is 0 Å². The minimum Gasteiger partial charge on any atom is -0.454 e. The van der Waals surface area contributed by atoms with Crippen LogP contribution in [0.2, 0.25) is 0 Å². The number of furan rings is 1. The van der Waals surface area contributed by atoms with Crippen molar-refractivity contribution in [2.45, 2.75) is 0 Å². The molecule has 51 heavy (non-hydrogen) atoms. The fourth-order valence-corrected chi connectivity index (χ4v) is 7.78. The molecule has 0 spiro atoms. The predicted molar refractivity (Wildman–Crippen MR) is 207 cm³/mol. The summed E-state index contributed by atoms with van der Waals surface area (Å²) >= 11 is 0. The van der Waals surface area contributed by atoms with Crippen molar-refractivity contribution < 1.29 is 4.42 Å². The molecule has 0 radical (unpaired) electrons.